The van der Waals surface area contributed by atoms with E-state index in [0.717, 1.165) is 11.0 Å². The molecular weight excluding hydrogens is 226 g/mol. The molecule has 0 aliphatic rings. The van der Waals surface area contributed by atoms with Crippen LogP contribution >= 0.6 is 11.8 Å². The summed E-state index contributed by atoms with van der Waals surface area (Å²) in [5.41, 5.74) is 5.50. The third-order valence-corrected chi connectivity index (χ3v) is 2.93. The number of nitrogens with zero attached hydrogens (tertiary/aromatic N) is 3. The number of carbonyl (C=O) groups is 1. The summed E-state index contributed by atoms with van der Waals surface area (Å²) in [6.07, 6.45) is 0. The smallest absolute Gasteiger partial charge is 0.230 e. The van der Waals surface area contributed by atoms with Crippen LogP contribution in [0.5, 0.6) is 0 Å². The maximum Gasteiger partial charge on any atom is 0.230 e. The molecule has 1 amide bonds. The first kappa shape index (κ1) is 13.0. The zero-order chi connectivity index (χ0) is 12.0. The molecule has 0 radical (unpaired) electrons. The van der Waals surface area contributed by atoms with Crippen molar-refractivity contribution >= 4 is 17.7 Å². The number of hydrogen-bond acceptors (Lipinski definition) is 5. The molecule has 1 aromatic heterocycles. The van der Waals surface area contributed by atoms with E-state index >= 15 is 0 Å². The fourth-order valence-corrected chi connectivity index (χ4v) is 2.07. The van der Waals surface area contributed by atoms with E-state index < -0.39 is 0 Å². The van der Waals surface area contributed by atoms with Crippen LogP contribution in [0, 0.1) is 6.92 Å². The Bertz CT molecular complexity index is 352. The maximum atomic E-state index is 11.3. The Morgan fingerprint density at radius 2 is 2.31 bits per heavy atom. The molecule has 1 aromatic rings. The summed E-state index contributed by atoms with van der Waals surface area (Å²) >= 11 is 1.38. The maximum absolute atomic E-state index is 11.3. The van der Waals surface area contributed by atoms with Gasteiger partial charge in [-0.25, -0.2) is 0 Å². The summed E-state index contributed by atoms with van der Waals surface area (Å²) in [6.45, 7) is 5.63. The third kappa shape index (κ3) is 3.49. The number of nitrogens with two attached hydrogens (primary N) is 1. The molecule has 0 saturated carbocycles. The van der Waals surface area contributed by atoms with Gasteiger partial charge in [0, 0.05) is 19.6 Å². The fourth-order valence-electron chi connectivity index (χ4n) is 1.23. The van der Waals surface area contributed by atoms with E-state index in [1.165, 1.54) is 11.8 Å². The second-order valence-corrected chi connectivity index (χ2v) is 4.15. The number of thioether (sulfide) groups is 1. The van der Waals surface area contributed by atoms with Gasteiger partial charge in [-0.05, 0) is 13.8 Å². The van der Waals surface area contributed by atoms with Crippen molar-refractivity contribution in [1.29, 1.82) is 0 Å². The lowest BCUT2D eigenvalue weighted by molar-refractivity contribution is -0.118. The summed E-state index contributed by atoms with van der Waals surface area (Å²) < 4.78 is 1.92. The van der Waals surface area contributed by atoms with Gasteiger partial charge in [-0.2, -0.15) is 0 Å². The standard InChI is InChI=1S/C9H17N5OS/c1-3-11-8(15)6-16-9-13-12-7(2)14(9)5-4-10/h3-6,10H2,1-2H3,(H,11,15). The van der Waals surface area contributed by atoms with E-state index in [0.29, 0.717) is 25.4 Å². The van der Waals surface area contributed by atoms with Gasteiger partial charge in [0.05, 0.1) is 5.75 Å². The van der Waals surface area contributed by atoms with Crippen molar-refractivity contribution in [3.63, 3.8) is 0 Å². The molecule has 0 bridgehead atoms. The average molecular weight is 243 g/mol. The molecule has 6 nitrogen and oxygen atoms in total. The summed E-state index contributed by atoms with van der Waals surface area (Å²) in [7, 11) is 0. The van der Waals surface area contributed by atoms with Crippen molar-refractivity contribution in [2.24, 2.45) is 5.73 Å². The van der Waals surface area contributed by atoms with Gasteiger partial charge in [0.2, 0.25) is 5.91 Å². The second kappa shape index (κ2) is 6.49. The minimum atomic E-state index is 0.00690. The van der Waals surface area contributed by atoms with E-state index in [-0.39, 0.29) is 5.91 Å². The van der Waals surface area contributed by atoms with Gasteiger partial charge in [-0.1, -0.05) is 11.8 Å². The molecule has 0 aliphatic heterocycles. The quantitative estimate of drug-likeness (QED) is 0.674. The van der Waals surface area contributed by atoms with Crippen LogP contribution in [0.2, 0.25) is 0 Å². The second-order valence-electron chi connectivity index (χ2n) is 3.21. The number of rotatable bonds is 6. The number of nitrogens with one attached hydrogen (secondary N) is 1. The Hall–Kier alpha value is -1.08. The highest BCUT2D eigenvalue weighted by atomic mass is 32.2. The monoisotopic (exact) mass is 243 g/mol. The normalized spacial score (nSPS) is 10.4. The molecule has 0 atom stereocenters. The highest BCUT2D eigenvalue weighted by Gasteiger charge is 2.10. The number of aromatic nitrogens is 3. The van der Waals surface area contributed by atoms with Gasteiger partial charge in [0.1, 0.15) is 5.82 Å². The van der Waals surface area contributed by atoms with Gasteiger partial charge in [-0.3, -0.25) is 4.79 Å². The van der Waals surface area contributed by atoms with Crippen molar-refractivity contribution < 1.29 is 4.79 Å². The Kier molecular flexibility index (Phi) is 5.27. The van der Waals surface area contributed by atoms with Crippen molar-refractivity contribution in [3.8, 4) is 0 Å². The molecule has 0 aliphatic carbocycles. The van der Waals surface area contributed by atoms with Crippen LogP contribution in [0.15, 0.2) is 5.16 Å². The largest absolute Gasteiger partial charge is 0.356 e. The molecule has 0 saturated heterocycles. The molecule has 0 unspecified atom stereocenters. The molecule has 7 heteroatoms. The van der Waals surface area contributed by atoms with Gasteiger partial charge in [-0.15, -0.1) is 10.2 Å². The van der Waals surface area contributed by atoms with Crippen LogP contribution in [-0.2, 0) is 11.3 Å². The third-order valence-electron chi connectivity index (χ3n) is 1.96. The Balaban J connectivity index is 2.56. The van der Waals surface area contributed by atoms with Gasteiger partial charge >= 0.3 is 0 Å². The lowest BCUT2D eigenvalue weighted by Gasteiger charge is -2.06. The molecular formula is C9H17N5OS. The van der Waals surface area contributed by atoms with Gasteiger partial charge < -0.3 is 15.6 Å². The molecule has 90 valence electrons. The number of carbonyl (C=O) groups excluding carboxylic acids is 1. The Morgan fingerprint density at radius 3 is 2.94 bits per heavy atom. The van der Waals surface area contributed by atoms with Crippen molar-refractivity contribution in [2.45, 2.75) is 25.5 Å². The van der Waals surface area contributed by atoms with Gasteiger partial charge in [0.15, 0.2) is 5.16 Å². The molecule has 1 heterocycles. The highest BCUT2D eigenvalue weighted by molar-refractivity contribution is 7.99. The lowest BCUT2D eigenvalue weighted by Crippen LogP contribution is -2.24. The average Bonchev–Trinajstić information content (AvgIpc) is 2.59. The SMILES string of the molecule is CCNC(=O)CSc1nnc(C)n1CCN. The number of amides is 1. The first-order valence-electron chi connectivity index (χ1n) is 5.18. The number of aryl methyl sites for hydroxylation is 1. The fraction of sp³-hybridized carbons (Fsp3) is 0.667. The van der Waals surface area contributed by atoms with E-state index in [1.54, 1.807) is 0 Å². The molecule has 16 heavy (non-hydrogen) atoms. The van der Waals surface area contributed by atoms with E-state index in [1.807, 2.05) is 18.4 Å². The highest BCUT2D eigenvalue weighted by Crippen LogP contribution is 2.15. The predicted octanol–water partition coefficient (Wildman–Crippen LogP) is -0.227. The molecule has 3 N–H and O–H groups in total. The molecule has 0 fully saturated rings. The topological polar surface area (TPSA) is 85.8 Å². The van der Waals surface area contributed by atoms with Crippen LogP contribution in [-0.4, -0.2) is 39.5 Å². The number of hydrogen-bond donors (Lipinski definition) is 2. The summed E-state index contributed by atoms with van der Waals surface area (Å²) in [4.78, 5) is 11.3. The van der Waals surface area contributed by atoms with Crippen LogP contribution in [0.4, 0.5) is 0 Å². The summed E-state index contributed by atoms with van der Waals surface area (Å²) in [5, 5.41) is 11.4. The lowest BCUT2D eigenvalue weighted by atomic mass is 10.6. The van der Waals surface area contributed by atoms with Gasteiger partial charge in [0.25, 0.3) is 0 Å². The van der Waals surface area contributed by atoms with Crippen molar-refractivity contribution in [1.82, 2.24) is 20.1 Å². The molecule has 0 aromatic carbocycles. The van der Waals surface area contributed by atoms with Crippen LogP contribution in [0.3, 0.4) is 0 Å². The van der Waals surface area contributed by atoms with Crippen LogP contribution in [0.25, 0.3) is 0 Å². The van der Waals surface area contributed by atoms with Crippen molar-refractivity contribution in [3.05, 3.63) is 5.82 Å². The zero-order valence-corrected chi connectivity index (χ0v) is 10.4. The Morgan fingerprint density at radius 1 is 1.56 bits per heavy atom. The summed E-state index contributed by atoms with van der Waals surface area (Å²) in [6, 6.07) is 0. The predicted molar refractivity (Wildman–Crippen MR) is 63.2 cm³/mol. The van der Waals surface area contributed by atoms with Crippen molar-refractivity contribution in [2.75, 3.05) is 18.8 Å². The van der Waals surface area contributed by atoms with E-state index in [9.17, 15) is 4.79 Å². The van der Waals surface area contributed by atoms with E-state index in [4.69, 9.17) is 5.73 Å². The first-order chi connectivity index (χ1) is 7.69. The first-order valence-corrected chi connectivity index (χ1v) is 6.17. The minimum absolute atomic E-state index is 0.00690. The molecule has 1 rings (SSSR count). The van der Waals surface area contributed by atoms with Crippen LogP contribution < -0.4 is 11.1 Å². The Labute approximate surface area is 99.0 Å². The van der Waals surface area contributed by atoms with E-state index in [2.05, 4.69) is 15.5 Å². The zero-order valence-electron chi connectivity index (χ0n) is 9.56. The molecule has 0 spiro atoms. The van der Waals surface area contributed by atoms with Crippen LogP contribution in [0.1, 0.15) is 12.7 Å². The summed E-state index contributed by atoms with van der Waals surface area (Å²) in [5.74, 6) is 1.19. The minimum Gasteiger partial charge on any atom is -0.356 e.